The van der Waals surface area contributed by atoms with E-state index >= 15 is 0 Å². The SMILES string of the molecule is COC(=O)C1CCN1CCC(C)SC. The topological polar surface area (TPSA) is 29.5 Å². The van der Waals surface area contributed by atoms with Gasteiger partial charge in [-0.25, -0.2) is 0 Å². The molecular weight excluding hydrogens is 198 g/mol. The number of esters is 1. The molecule has 1 aliphatic heterocycles. The summed E-state index contributed by atoms with van der Waals surface area (Å²) in [5.74, 6) is -0.0759. The van der Waals surface area contributed by atoms with Crippen LogP contribution < -0.4 is 0 Å². The second kappa shape index (κ2) is 5.61. The maximum Gasteiger partial charge on any atom is 0.323 e. The average molecular weight is 217 g/mol. The van der Waals surface area contributed by atoms with Gasteiger partial charge < -0.3 is 4.74 Å². The summed E-state index contributed by atoms with van der Waals surface area (Å²) in [7, 11) is 1.46. The summed E-state index contributed by atoms with van der Waals surface area (Å²) in [5.41, 5.74) is 0. The van der Waals surface area contributed by atoms with Crippen molar-refractivity contribution in [2.45, 2.75) is 31.1 Å². The predicted octanol–water partition coefficient (Wildman–Crippen LogP) is 1.38. The quantitative estimate of drug-likeness (QED) is 0.651. The van der Waals surface area contributed by atoms with E-state index in [2.05, 4.69) is 18.1 Å². The molecule has 0 radical (unpaired) electrons. The van der Waals surface area contributed by atoms with Crippen molar-refractivity contribution in [3.63, 3.8) is 0 Å². The first-order valence-corrected chi connectivity index (χ1v) is 6.32. The van der Waals surface area contributed by atoms with Crippen LogP contribution in [-0.2, 0) is 9.53 Å². The number of methoxy groups -OCH3 is 1. The highest BCUT2D eigenvalue weighted by atomic mass is 32.2. The van der Waals surface area contributed by atoms with Crippen LogP contribution in [-0.4, -0.2) is 48.6 Å². The molecule has 0 spiro atoms. The zero-order chi connectivity index (χ0) is 10.6. The molecule has 0 aromatic heterocycles. The van der Waals surface area contributed by atoms with Crippen molar-refractivity contribution in [3.8, 4) is 0 Å². The van der Waals surface area contributed by atoms with Crippen LogP contribution in [0.25, 0.3) is 0 Å². The molecule has 0 N–H and O–H groups in total. The number of ether oxygens (including phenoxy) is 1. The molecule has 1 aliphatic rings. The Hall–Kier alpha value is -0.220. The van der Waals surface area contributed by atoms with Gasteiger partial charge in [0.15, 0.2) is 0 Å². The van der Waals surface area contributed by atoms with Crippen LogP contribution >= 0.6 is 11.8 Å². The highest BCUT2D eigenvalue weighted by Gasteiger charge is 2.34. The van der Waals surface area contributed by atoms with Gasteiger partial charge in [-0.3, -0.25) is 9.69 Å². The lowest BCUT2D eigenvalue weighted by atomic mass is 10.0. The Morgan fingerprint density at radius 1 is 1.71 bits per heavy atom. The molecule has 0 aliphatic carbocycles. The molecule has 0 aromatic carbocycles. The summed E-state index contributed by atoms with van der Waals surface area (Å²) in [6.07, 6.45) is 4.23. The van der Waals surface area contributed by atoms with E-state index in [4.69, 9.17) is 4.74 Å². The second-order valence-corrected chi connectivity index (χ2v) is 4.97. The minimum Gasteiger partial charge on any atom is -0.468 e. The van der Waals surface area contributed by atoms with Gasteiger partial charge in [0, 0.05) is 18.3 Å². The largest absolute Gasteiger partial charge is 0.468 e. The van der Waals surface area contributed by atoms with Gasteiger partial charge in [-0.15, -0.1) is 0 Å². The maximum absolute atomic E-state index is 11.2. The number of nitrogens with zero attached hydrogens (tertiary/aromatic N) is 1. The van der Waals surface area contributed by atoms with Crippen molar-refractivity contribution in [3.05, 3.63) is 0 Å². The molecule has 0 amide bonds. The number of likely N-dealkylation sites (tertiary alicyclic amines) is 1. The van der Waals surface area contributed by atoms with Crippen LogP contribution in [0.5, 0.6) is 0 Å². The lowest BCUT2D eigenvalue weighted by Crippen LogP contribution is -2.53. The van der Waals surface area contributed by atoms with Crippen molar-refractivity contribution in [1.29, 1.82) is 0 Å². The van der Waals surface area contributed by atoms with Crippen molar-refractivity contribution in [1.82, 2.24) is 4.90 Å². The first-order chi connectivity index (χ1) is 6.69. The van der Waals surface area contributed by atoms with Gasteiger partial charge in [-0.1, -0.05) is 6.92 Å². The zero-order valence-electron chi connectivity index (χ0n) is 9.16. The van der Waals surface area contributed by atoms with Gasteiger partial charge in [-0.2, -0.15) is 11.8 Å². The molecule has 2 unspecified atom stereocenters. The van der Waals surface area contributed by atoms with Crippen molar-refractivity contribution >= 4 is 17.7 Å². The van der Waals surface area contributed by atoms with E-state index in [9.17, 15) is 4.79 Å². The molecule has 1 saturated heterocycles. The Kier molecular flexibility index (Phi) is 4.75. The van der Waals surface area contributed by atoms with Crippen LogP contribution in [0.2, 0.25) is 0 Å². The van der Waals surface area contributed by atoms with E-state index in [1.807, 2.05) is 11.8 Å². The molecular formula is C10H19NO2S. The fourth-order valence-corrected chi connectivity index (χ4v) is 1.92. The van der Waals surface area contributed by atoms with Gasteiger partial charge in [-0.05, 0) is 19.1 Å². The average Bonchev–Trinajstić information content (AvgIpc) is 2.15. The predicted molar refractivity (Wildman–Crippen MR) is 59.6 cm³/mol. The Morgan fingerprint density at radius 2 is 2.43 bits per heavy atom. The first-order valence-electron chi connectivity index (χ1n) is 5.03. The smallest absolute Gasteiger partial charge is 0.323 e. The second-order valence-electron chi connectivity index (χ2n) is 3.70. The lowest BCUT2D eigenvalue weighted by molar-refractivity contribution is -0.151. The molecule has 3 nitrogen and oxygen atoms in total. The Bertz CT molecular complexity index is 199. The van der Waals surface area contributed by atoms with Gasteiger partial charge in [0.2, 0.25) is 0 Å². The van der Waals surface area contributed by atoms with Gasteiger partial charge >= 0.3 is 5.97 Å². The Balaban J connectivity index is 2.22. The molecule has 0 aromatic rings. The molecule has 14 heavy (non-hydrogen) atoms. The first kappa shape index (κ1) is 11.9. The van der Waals surface area contributed by atoms with Gasteiger partial charge in [0.05, 0.1) is 7.11 Å². The monoisotopic (exact) mass is 217 g/mol. The molecule has 0 saturated carbocycles. The number of hydrogen-bond donors (Lipinski definition) is 0. The van der Waals surface area contributed by atoms with Crippen LogP contribution in [0, 0.1) is 0 Å². The van der Waals surface area contributed by atoms with E-state index < -0.39 is 0 Å². The number of rotatable bonds is 5. The standard InChI is InChI=1S/C10H19NO2S/c1-8(14-3)4-6-11-7-5-9(11)10(12)13-2/h8-9H,4-7H2,1-3H3. The summed E-state index contributed by atoms with van der Waals surface area (Å²) in [4.78, 5) is 13.5. The number of thioether (sulfide) groups is 1. The van der Waals surface area contributed by atoms with Crippen molar-refractivity contribution < 1.29 is 9.53 Å². The molecule has 0 bridgehead atoms. The molecule has 1 fully saturated rings. The molecule has 4 heteroatoms. The normalized spacial score (nSPS) is 24.1. The number of carbonyl (C=O) groups excluding carboxylic acids is 1. The zero-order valence-corrected chi connectivity index (χ0v) is 9.97. The van der Waals surface area contributed by atoms with E-state index in [0.717, 1.165) is 25.9 Å². The van der Waals surface area contributed by atoms with Crippen LogP contribution in [0.1, 0.15) is 19.8 Å². The minimum absolute atomic E-state index is 0.0362. The number of carbonyl (C=O) groups is 1. The van der Waals surface area contributed by atoms with E-state index in [-0.39, 0.29) is 12.0 Å². The summed E-state index contributed by atoms with van der Waals surface area (Å²) < 4.78 is 4.73. The Labute approximate surface area is 90.2 Å². The van der Waals surface area contributed by atoms with Crippen molar-refractivity contribution in [2.24, 2.45) is 0 Å². The number of hydrogen-bond acceptors (Lipinski definition) is 4. The summed E-state index contributed by atoms with van der Waals surface area (Å²) >= 11 is 1.87. The molecule has 2 atom stereocenters. The molecule has 1 rings (SSSR count). The summed E-state index contributed by atoms with van der Waals surface area (Å²) in [5, 5.41) is 0.675. The minimum atomic E-state index is -0.0759. The van der Waals surface area contributed by atoms with E-state index in [1.165, 1.54) is 7.11 Å². The van der Waals surface area contributed by atoms with Crippen molar-refractivity contribution in [2.75, 3.05) is 26.5 Å². The van der Waals surface area contributed by atoms with E-state index in [0.29, 0.717) is 5.25 Å². The fraction of sp³-hybridized carbons (Fsp3) is 0.900. The fourth-order valence-electron chi connectivity index (χ4n) is 1.58. The molecule has 1 heterocycles. The highest BCUT2D eigenvalue weighted by molar-refractivity contribution is 7.99. The highest BCUT2D eigenvalue weighted by Crippen LogP contribution is 2.20. The van der Waals surface area contributed by atoms with Gasteiger partial charge in [0.25, 0.3) is 0 Å². The van der Waals surface area contributed by atoms with Crippen LogP contribution in [0.4, 0.5) is 0 Å². The van der Waals surface area contributed by atoms with Gasteiger partial charge in [0.1, 0.15) is 6.04 Å². The van der Waals surface area contributed by atoms with Crippen LogP contribution in [0.3, 0.4) is 0 Å². The summed E-state index contributed by atoms with van der Waals surface area (Å²) in [6, 6.07) is 0.0362. The van der Waals surface area contributed by atoms with Crippen LogP contribution in [0.15, 0.2) is 0 Å². The maximum atomic E-state index is 11.2. The lowest BCUT2D eigenvalue weighted by Gasteiger charge is -2.39. The van der Waals surface area contributed by atoms with E-state index in [1.54, 1.807) is 0 Å². The Morgan fingerprint density at radius 3 is 2.86 bits per heavy atom. The third kappa shape index (κ3) is 2.89. The third-order valence-corrected chi connectivity index (χ3v) is 3.87. The third-order valence-electron chi connectivity index (χ3n) is 2.83. The molecule has 82 valence electrons. The summed E-state index contributed by atoms with van der Waals surface area (Å²) in [6.45, 7) is 4.28.